The van der Waals surface area contributed by atoms with Crippen molar-refractivity contribution >= 4 is 64.0 Å². The van der Waals surface area contributed by atoms with Gasteiger partial charge in [0.2, 0.25) is 9.37 Å². The number of H-pyrrole nitrogens is 1. The third kappa shape index (κ3) is 5.04. The highest BCUT2D eigenvalue weighted by atomic mass is 32.2. The van der Waals surface area contributed by atoms with Crippen molar-refractivity contribution in [2.75, 3.05) is 32.9 Å². The number of carbonyl (C=O) groups is 3. The first-order valence-electron chi connectivity index (χ1n) is 10.6. The summed E-state index contributed by atoms with van der Waals surface area (Å²) in [6.07, 6.45) is 0.531. The van der Waals surface area contributed by atoms with Gasteiger partial charge in [0, 0.05) is 30.5 Å². The van der Waals surface area contributed by atoms with Crippen LogP contribution in [0.5, 0.6) is 0 Å². The maximum Gasteiger partial charge on any atom is 0.313 e. The summed E-state index contributed by atoms with van der Waals surface area (Å²) in [5.74, 6) is -1.65. The third-order valence-corrected chi connectivity index (χ3v) is 11.5. The molecule has 5 atom stereocenters. The fourth-order valence-corrected chi connectivity index (χ4v) is 9.37. The Morgan fingerprint density at radius 3 is 2.83 bits per heavy atom. The summed E-state index contributed by atoms with van der Waals surface area (Å²) >= 11 is 1.99. The van der Waals surface area contributed by atoms with Gasteiger partial charge in [-0.25, -0.2) is 5.10 Å². The van der Waals surface area contributed by atoms with E-state index in [0.717, 1.165) is 4.31 Å². The minimum Gasteiger partial charge on any atom is -0.587 e. The van der Waals surface area contributed by atoms with Gasteiger partial charge in [0.1, 0.15) is 22.2 Å². The van der Waals surface area contributed by atoms with Gasteiger partial charge in [-0.15, -0.1) is 21.2 Å². The molecule has 0 saturated carbocycles. The van der Waals surface area contributed by atoms with Gasteiger partial charge in [-0.3, -0.25) is 14.4 Å². The second kappa shape index (κ2) is 10.6. The number of carboxylic acids is 1. The van der Waals surface area contributed by atoms with Gasteiger partial charge in [0.25, 0.3) is 11.8 Å². The number of thiophene rings is 1. The van der Waals surface area contributed by atoms with Crippen LogP contribution >= 0.6 is 34.9 Å². The van der Waals surface area contributed by atoms with Crippen molar-refractivity contribution in [2.45, 2.75) is 39.4 Å². The Morgan fingerprint density at radius 1 is 1.49 bits per heavy atom. The molecule has 4 heterocycles. The monoisotopic (exact) mass is 559 g/mol. The number of carbonyl (C=O) groups excluding carboxylic acids is 2. The number of hydrogen-bond donors (Lipinski definition) is 2. The van der Waals surface area contributed by atoms with Crippen LogP contribution in [-0.4, -0.2) is 112 Å². The third-order valence-electron chi connectivity index (χ3n) is 5.95. The molecule has 2 aliphatic rings. The number of thioether (sulfide) groups is 2. The summed E-state index contributed by atoms with van der Waals surface area (Å²) < 4.78 is 14.7. The van der Waals surface area contributed by atoms with Crippen LogP contribution in [0.15, 0.2) is 26.9 Å². The molecule has 190 valence electrons. The van der Waals surface area contributed by atoms with Crippen LogP contribution in [0, 0.1) is 5.41 Å². The van der Waals surface area contributed by atoms with E-state index in [0.29, 0.717) is 22.3 Å². The molecular formula is C19H25N7O5S4. The molecule has 2 amide bonds. The average Bonchev–Trinajstić information content (AvgIpc) is 3.53. The lowest BCUT2D eigenvalue weighted by Gasteiger charge is -2.56. The second-order valence-electron chi connectivity index (χ2n) is 8.50. The molecule has 0 spiro atoms. The molecule has 16 heteroatoms. The Bertz CT molecular complexity index is 1060. The number of nitrogens with one attached hydrogen (secondary N) is 1. The predicted molar refractivity (Wildman–Crippen MR) is 132 cm³/mol. The first kappa shape index (κ1) is 26.2. The summed E-state index contributed by atoms with van der Waals surface area (Å²) in [4.78, 5) is 41.9. The second-order valence-corrected chi connectivity index (χ2v) is 13.3. The number of aromatic nitrogens is 4. The fourth-order valence-electron chi connectivity index (χ4n) is 4.15. The highest BCUT2D eigenvalue weighted by Crippen LogP contribution is 2.50. The highest BCUT2D eigenvalue weighted by molar-refractivity contribution is 8.01. The van der Waals surface area contributed by atoms with Gasteiger partial charge in [0.05, 0.1) is 0 Å². The van der Waals surface area contributed by atoms with Gasteiger partial charge in [-0.2, -0.15) is 0 Å². The van der Waals surface area contributed by atoms with E-state index in [4.69, 9.17) is 0 Å². The summed E-state index contributed by atoms with van der Waals surface area (Å²) in [5, 5.41) is 25.4. The Morgan fingerprint density at radius 2 is 2.26 bits per heavy atom. The molecule has 0 radical (unpaired) electrons. The molecule has 4 unspecified atom stereocenters. The maximum absolute atomic E-state index is 13.3. The molecule has 2 aromatic rings. The van der Waals surface area contributed by atoms with E-state index in [1.807, 2.05) is 19.0 Å². The number of aromatic amines is 1. The van der Waals surface area contributed by atoms with Crippen molar-refractivity contribution in [1.29, 1.82) is 0 Å². The Hall–Kier alpha value is -1.85. The Balaban J connectivity index is 1.57. The number of β-lactam (4-membered cyclic amide) rings is 1. The van der Waals surface area contributed by atoms with E-state index < -0.39 is 51.2 Å². The molecule has 2 aliphatic heterocycles. The van der Waals surface area contributed by atoms with Crippen molar-refractivity contribution in [3.63, 3.8) is 0 Å². The van der Waals surface area contributed by atoms with Crippen molar-refractivity contribution in [2.24, 2.45) is 5.41 Å². The van der Waals surface area contributed by atoms with E-state index >= 15 is 0 Å². The smallest absolute Gasteiger partial charge is 0.313 e. The quantitative estimate of drug-likeness (QED) is 0.238. The lowest BCUT2D eigenvalue weighted by molar-refractivity contribution is -0.162. The SMILES string of the molecule is CC(=O)N(C1C(=O)N2CC(C(=O)O)(C(CCN(C)C)Sc3nnn[nH]3)CS[C@H]12)[S+]([O-])c1cccs1. The number of nitrogens with zero attached hydrogens (tertiary/aromatic N) is 6. The lowest BCUT2D eigenvalue weighted by atomic mass is 9.82. The van der Waals surface area contributed by atoms with Crippen molar-refractivity contribution in [3.8, 4) is 0 Å². The van der Waals surface area contributed by atoms with Gasteiger partial charge in [-0.1, -0.05) is 23.1 Å². The van der Waals surface area contributed by atoms with Gasteiger partial charge in [-0.05, 0) is 48.9 Å². The average molecular weight is 560 g/mol. The number of fused-ring (bicyclic) bond motifs is 1. The molecule has 4 rings (SSSR count). The first-order chi connectivity index (χ1) is 16.7. The van der Waals surface area contributed by atoms with E-state index in [2.05, 4.69) is 20.6 Å². The Kier molecular flexibility index (Phi) is 7.97. The summed E-state index contributed by atoms with van der Waals surface area (Å²) in [5.41, 5.74) is -1.26. The molecule has 0 aromatic carbocycles. The summed E-state index contributed by atoms with van der Waals surface area (Å²) in [6.45, 7) is 1.91. The summed E-state index contributed by atoms with van der Waals surface area (Å²) in [6, 6.07) is 2.49. The number of tetrazole rings is 1. The molecular weight excluding hydrogens is 535 g/mol. The van der Waals surface area contributed by atoms with Crippen molar-refractivity contribution in [1.82, 2.24) is 34.7 Å². The fraction of sp³-hybridized carbons (Fsp3) is 0.579. The van der Waals surface area contributed by atoms with Crippen LogP contribution in [0.2, 0.25) is 0 Å². The largest absolute Gasteiger partial charge is 0.587 e. The molecule has 12 nitrogen and oxygen atoms in total. The molecule has 0 bridgehead atoms. The minimum atomic E-state index is -1.81. The van der Waals surface area contributed by atoms with Crippen LogP contribution in [0.25, 0.3) is 0 Å². The maximum atomic E-state index is 13.3. The zero-order valence-corrected chi connectivity index (χ0v) is 22.5. The molecule has 0 aliphatic carbocycles. The van der Waals surface area contributed by atoms with Crippen LogP contribution in [0.1, 0.15) is 13.3 Å². The molecule has 35 heavy (non-hydrogen) atoms. The normalized spacial score (nSPS) is 25.6. The standard InChI is InChI=1S/C19H25N7O5S4/c1-11(27)26(35(31)13-5-4-8-32-13)14-15(28)25-9-19(17(29)30,10-33-16(14)25)12(6-7-24(2)3)34-18-20-22-23-21-18/h4-5,8,12,14,16H,6-7,9-10H2,1-3H3,(H,29,30)(H,20,21,22,23)/t12?,14?,16-,19?,35?/m1/s1. The number of amides is 2. The van der Waals surface area contributed by atoms with Crippen LogP contribution < -0.4 is 0 Å². The zero-order chi connectivity index (χ0) is 25.3. The first-order valence-corrected chi connectivity index (χ1v) is 14.5. The number of aliphatic carboxylic acids is 1. The van der Waals surface area contributed by atoms with E-state index in [9.17, 15) is 24.0 Å². The predicted octanol–water partition coefficient (Wildman–Crippen LogP) is 0.600. The van der Waals surface area contributed by atoms with E-state index in [1.165, 1.54) is 46.7 Å². The Labute approximate surface area is 217 Å². The van der Waals surface area contributed by atoms with Crippen molar-refractivity contribution in [3.05, 3.63) is 17.5 Å². The molecule has 2 saturated heterocycles. The number of hydrogen-bond acceptors (Lipinski definition) is 11. The number of rotatable bonds is 10. The van der Waals surface area contributed by atoms with Crippen LogP contribution in [0.4, 0.5) is 0 Å². The molecule has 2 fully saturated rings. The van der Waals surface area contributed by atoms with Crippen LogP contribution in [0.3, 0.4) is 0 Å². The highest BCUT2D eigenvalue weighted by Gasteiger charge is 2.63. The van der Waals surface area contributed by atoms with E-state index in [1.54, 1.807) is 17.5 Å². The van der Waals surface area contributed by atoms with Gasteiger partial charge in [0.15, 0.2) is 6.04 Å². The topological polar surface area (TPSA) is 159 Å². The summed E-state index contributed by atoms with van der Waals surface area (Å²) in [7, 11) is 3.81. The van der Waals surface area contributed by atoms with Crippen molar-refractivity contribution < 1.29 is 24.0 Å². The van der Waals surface area contributed by atoms with Crippen LogP contribution in [-0.2, 0) is 25.7 Å². The molecule has 2 N–H and O–H groups in total. The lowest BCUT2D eigenvalue weighted by Crippen LogP contribution is -2.75. The minimum absolute atomic E-state index is 0.0145. The number of carboxylic acid groups (broad SMARTS) is 1. The van der Waals surface area contributed by atoms with Gasteiger partial charge >= 0.3 is 5.97 Å². The zero-order valence-electron chi connectivity index (χ0n) is 19.2. The van der Waals surface area contributed by atoms with Gasteiger partial charge < -0.3 is 19.5 Å². The van der Waals surface area contributed by atoms with E-state index in [-0.39, 0.29) is 12.3 Å². The molecule has 2 aromatic heterocycles.